The summed E-state index contributed by atoms with van der Waals surface area (Å²) in [5.41, 5.74) is 1.12. The highest BCUT2D eigenvalue weighted by Gasteiger charge is 2.06. The van der Waals surface area contributed by atoms with E-state index in [4.69, 9.17) is 42.1 Å². The van der Waals surface area contributed by atoms with E-state index in [1.165, 1.54) is 0 Å². The molecule has 0 aliphatic heterocycles. The molecule has 0 unspecified atom stereocenters. The Morgan fingerprint density at radius 3 is 2.31 bits per heavy atom. The fraction of sp³-hybridized carbons (Fsp3) is 0.300. The summed E-state index contributed by atoms with van der Waals surface area (Å²) >= 11 is 11.9. The van der Waals surface area contributed by atoms with Crippen LogP contribution in [0.3, 0.4) is 0 Å². The van der Waals surface area contributed by atoms with E-state index in [1.54, 1.807) is 25.3 Å². The number of methoxy groups -OCH3 is 1. The minimum atomic E-state index is 0.375. The van der Waals surface area contributed by atoms with Gasteiger partial charge in [-0.3, -0.25) is 0 Å². The van der Waals surface area contributed by atoms with Crippen LogP contribution in [0, 0.1) is 0 Å². The van der Waals surface area contributed by atoms with E-state index >= 15 is 0 Å². The molecule has 2 aromatic rings. The molecular weight excluding hydrogens is 375 g/mol. The van der Waals surface area contributed by atoms with Crippen molar-refractivity contribution in [1.29, 1.82) is 0 Å². The van der Waals surface area contributed by atoms with Crippen molar-refractivity contribution in [3.63, 3.8) is 0 Å². The van der Waals surface area contributed by atoms with Gasteiger partial charge in [-0.15, -0.1) is 6.58 Å². The Bertz CT molecular complexity index is 719. The Labute approximate surface area is 164 Å². The van der Waals surface area contributed by atoms with Crippen LogP contribution in [-0.4, -0.2) is 33.5 Å². The quantitative estimate of drug-likeness (QED) is 0.386. The van der Waals surface area contributed by atoms with E-state index in [9.17, 15) is 0 Å². The van der Waals surface area contributed by atoms with Gasteiger partial charge in [0.25, 0.3) is 0 Å². The SMILES string of the molecule is C=CCc1ccc(OCCOCCOc2cc(Cl)ccc2Cl)c(OC)c1. The van der Waals surface area contributed by atoms with Crippen LogP contribution in [0.4, 0.5) is 0 Å². The summed E-state index contributed by atoms with van der Waals surface area (Å²) in [6.45, 7) is 5.37. The van der Waals surface area contributed by atoms with Crippen LogP contribution < -0.4 is 14.2 Å². The van der Waals surface area contributed by atoms with E-state index in [0.29, 0.717) is 53.7 Å². The average molecular weight is 397 g/mol. The Morgan fingerprint density at radius 2 is 1.62 bits per heavy atom. The lowest BCUT2D eigenvalue weighted by atomic mass is 10.1. The molecule has 0 aromatic heterocycles. The molecule has 0 bridgehead atoms. The van der Waals surface area contributed by atoms with E-state index in [-0.39, 0.29) is 0 Å². The first-order valence-corrected chi connectivity index (χ1v) is 8.96. The zero-order valence-corrected chi connectivity index (χ0v) is 16.2. The van der Waals surface area contributed by atoms with Gasteiger partial charge in [-0.2, -0.15) is 0 Å². The molecule has 2 rings (SSSR count). The van der Waals surface area contributed by atoms with E-state index < -0.39 is 0 Å². The van der Waals surface area contributed by atoms with Gasteiger partial charge in [-0.1, -0.05) is 35.3 Å². The number of ether oxygens (including phenoxy) is 4. The van der Waals surface area contributed by atoms with Gasteiger partial charge in [0.1, 0.15) is 19.0 Å². The van der Waals surface area contributed by atoms with Gasteiger partial charge in [0.05, 0.1) is 25.3 Å². The Hall–Kier alpha value is -1.88. The molecule has 2 aromatic carbocycles. The Kier molecular flexibility index (Phi) is 8.62. The predicted molar refractivity (Wildman–Crippen MR) is 105 cm³/mol. The standard InChI is InChI=1S/C20H22Cl2O4/c1-3-4-15-5-8-18(20(13-15)23-2)25-11-9-24-10-12-26-19-14-16(21)6-7-17(19)22/h3,5-8,13-14H,1,4,9-12H2,2H3. The summed E-state index contributed by atoms with van der Waals surface area (Å²) in [5.74, 6) is 1.93. The Balaban J connectivity index is 1.67. The maximum absolute atomic E-state index is 6.02. The van der Waals surface area contributed by atoms with Crippen LogP contribution in [0.25, 0.3) is 0 Å². The van der Waals surface area contributed by atoms with E-state index in [2.05, 4.69) is 6.58 Å². The van der Waals surface area contributed by atoms with Gasteiger partial charge in [0, 0.05) is 11.1 Å². The van der Waals surface area contributed by atoms with Crippen LogP contribution >= 0.6 is 23.2 Å². The van der Waals surface area contributed by atoms with Gasteiger partial charge in [0.15, 0.2) is 11.5 Å². The number of rotatable bonds is 11. The summed E-state index contributed by atoms with van der Waals surface area (Å²) in [7, 11) is 1.62. The largest absolute Gasteiger partial charge is 0.493 e. The minimum Gasteiger partial charge on any atom is -0.493 e. The summed E-state index contributed by atoms with van der Waals surface area (Å²) in [5, 5.41) is 1.09. The fourth-order valence-electron chi connectivity index (χ4n) is 2.24. The zero-order chi connectivity index (χ0) is 18.8. The molecule has 0 atom stereocenters. The topological polar surface area (TPSA) is 36.9 Å². The van der Waals surface area contributed by atoms with Crippen molar-refractivity contribution in [1.82, 2.24) is 0 Å². The molecule has 0 fully saturated rings. The first-order valence-electron chi connectivity index (χ1n) is 8.20. The van der Waals surface area contributed by atoms with Gasteiger partial charge >= 0.3 is 0 Å². The number of hydrogen-bond acceptors (Lipinski definition) is 4. The van der Waals surface area contributed by atoms with Crippen molar-refractivity contribution in [2.75, 3.05) is 33.5 Å². The second-order valence-corrected chi connectivity index (χ2v) is 6.21. The van der Waals surface area contributed by atoms with Crippen molar-refractivity contribution in [3.8, 4) is 17.2 Å². The highest BCUT2D eigenvalue weighted by molar-refractivity contribution is 6.34. The molecule has 140 valence electrons. The normalized spacial score (nSPS) is 10.4. The summed E-state index contributed by atoms with van der Waals surface area (Å²) in [4.78, 5) is 0. The monoisotopic (exact) mass is 396 g/mol. The van der Waals surface area contributed by atoms with Crippen LogP contribution in [0.2, 0.25) is 10.0 Å². The molecule has 0 N–H and O–H groups in total. The molecule has 4 nitrogen and oxygen atoms in total. The summed E-state index contributed by atoms with van der Waals surface area (Å²) in [6, 6.07) is 10.9. The molecule has 0 heterocycles. The third-order valence-electron chi connectivity index (χ3n) is 3.47. The lowest BCUT2D eigenvalue weighted by molar-refractivity contribution is 0.0757. The number of hydrogen-bond donors (Lipinski definition) is 0. The predicted octanol–water partition coefficient (Wildman–Crippen LogP) is 5.20. The third kappa shape index (κ3) is 6.45. The highest BCUT2D eigenvalue weighted by atomic mass is 35.5. The third-order valence-corrected chi connectivity index (χ3v) is 4.02. The minimum absolute atomic E-state index is 0.375. The van der Waals surface area contributed by atoms with Crippen LogP contribution in [0.5, 0.6) is 17.2 Å². The summed E-state index contributed by atoms with van der Waals surface area (Å²) < 4.78 is 22.1. The molecule has 0 spiro atoms. The smallest absolute Gasteiger partial charge is 0.161 e. The maximum atomic E-state index is 6.02. The van der Waals surface area contributed by atoms with Crippen molar-refractivity contribution >= 4 is 23.2 Å². The van der Waals surface area contributed by atoms with Crippen LogP contribution in [-0.2, 0) is 11.2 Å². The number of halogens is 2. The van der Waals surface area contributed by atoms with Gasteiger partial charge in [-0.05, 0) is 36.2 Å². The van der Waals surface area contributed by atoms with Crippen molar-refractivity contribution in [3.05, 3.63) is 64.7 Å². The van der Waals surface area contributed by atoms with E-state index in [1.807, 2.05) is 24.3 Å². The molecule has 0 aliphatic rings. The van der Waals surface area contributed by atoms with Crippen LogP contribution in [0.15, 0.2) is 49.1 Å². The van der Waals surface area contributed by atoms with Crippen molar-refractivity contribution < 1.29 is 18.9 Å². The molecule has 0 aliphatic carbocycles. The lowest BCUT2D eigenvalue weighted by Crippen LogP contribution is -2.12. The number of allylic oxidation sites excluding steroid dienone is 1. The molecule has 26 heavy (non-hydrogen) atoms. The molecule has 0 saturated carbocycles. The molecule has 0 saturated heterocycles. The summed E-state index contributed by atoms with van der Waals surface area (Å²) in [6.07, 6.45) is 2.64. The maximum Gasteiger partial charge on any atom is 0.161 e. The first kappa shape index (κ1) is 20.4. The highest BCUT2D eigenvalue weighted by Crippen LogP contribution is 2.29. The molecule has 0 radical (unpaired) electrons. The van der Waals surface area contributed by atoms with Gasteiger partial charge < -0.3 is 18.9 Å². The van der Waals surface area contributed by atoms with E-state index in [0.717, 1.165) is 12.0 Å². The first-order chi connectivity index (χ1) is 12.6. The van der Waals surface area contributed by atoms with Crippen LogP contribution in [0.1, 0.15) is 5.56 Å². The Morgan fingerprint density at radius 1 is 0.885 bits per heavy atom. The second kappa shape index (κ2) is 11.0. The molecule has 6 heteroatoms. The van der Waals surface area contributed by atoms with Gasteiger partial charge in [0.2, 0.25) is 0 Å². The molecular formula is C20H22Cl2O4. The lowest BCUT2D eigenvalue weighted by Gasteiger charge is -2.12. The second-order valence-electron chi connectivity index (χ2n) is 5.36. The average Bonchev–Trinajstić information content (AvgIpc) is 2.64. The fourth-order valence-corrected chi connectivity index (χ4v) is 2.57. The van der Waals surface area contributed by atoms with Gasteiger partial charge in [-0.25, -0.2) is 0 Å². The molecule has 0 amide bonds. The number of benzene rings is 2. The zero-order valence-electron chi connectivity index (χ0n) is 14.7. The van der Waals surface area contributed by atoms with Crippen molar-refractivity contribution in [2.24, 2.45) is 0 Å². The van der Waals surface area contributed by atoms with Crippen molar-refractivity contribution in [2.45, 2.75) is 6.42 Å².